The SMILES string of the molecule is Cc1c(NC(=O)c2ccc(C(C)(C)C)cc2)cccc1C1=CC(C)C(=O)C(Nc2cccc(C(=O)O)c2)=N1. The number of aromatic carboxylic acids is 1. The molecule has 38 heavy (non-hydrogen) atoms. The normalized spacial score (nSPS) is 15.4. The molecule has 0 saturated heterocycles. The summed E-state index contributed by atoms with van der Waals surface area (Å²) >= 11 is 0. The molecule has 1 atom stereocenters. The van der Waals surface area contributed by atoms with Gasteiger partial charge in [0.15, 0.2) is 5.84 Å². The van der Waals surface area contributed by atoms with Crippen molar-refractivity contribution in [3.8, 4) is 0 Å². The number of amidine groups is 1. The molecule has 7 nitrogen and oxygen atoms in total. The zero-order valence-corrected chi connectivity index (χ0v) is 22.1. The minimum Gasteiger partial charge on any atom is -0.478 e. The quantitative estimate of drug-likeness (QED) is 0.373. The molecular weight excluding hydrogens is 478 g/mol. The second-order valence-electron chi connectivity index (χ2n) is 10.4. The summed E-state index contributed by atoms with van der Waals surface area (Å²) in [5.41, 5.74) is 5.12. The van der Waals surface area contributed by atoms with Gasteiger partial charge in [0.25, 0.3) is 5.91 Å². The molecule has 1 unspecified atom stereocenters. The summed E-state index contributed by atoms with van der Waals surface area (Å²) in [5, 5.41) is 15.3. The number of ketones is 1. The van der Waals surface area contributed by atoms with Gasteiger partial charge < -0.3 is 15.7 Å². The molecule has 3 N–H and O–H groups in total. The van der Waals surface area contributed by atoms with Crippen molar-refractivity contribution in [2.75, 3.05) is 10.6 Å². The van der Waals surface area contributed by atoms with Crippen molar-refractivity contribution in [1.82, 2.24) is 0 Å². The first-order chi connectivity index (χ1) is 17.9. The monoisotopic (exact) mass is 509 g/mol. The van der Waals surface area contributed by atoms with E-state index in [0.717, 1.165) is 16.7 Å². The molecule has 1 amide bonds. The van der Waals surface area contributed by atoms with Crippen LogP contribution in [-0.4, -0.2) is 28.6 Å². The van der Waals surface area contributed by atoms with Crippen LogP contribution in [0.2, 0.25) is 0 Å². The molecular formula is C31H31N3O4. The van der Waals surface area contributed by atoms with Crippen LogP contribution in [-0.2, 0) is 10.2 Å². The topological polar surface area (TPSA) is 108 Å². The predicted octanol–water partition coefficient (Wildman–Crippen LogP) is 6.31. The second kappa shape index (κ2) is 10.5. The summed E-state index contributed by atoms with van der Waals surface area (Å²) in [6.07, 6.45) is 1.79. The Labute approximate surface area is 222 Å². The lowest BCUT2D eigenvalue weighted by Gasteiger charge is -2.20. The fourth-order valence-corrected chi connectivity index (χ4v) is 4.21. The van der Waals surface area contributed by atoms with Crippen molar-refractivity contribution in [3.63, 3.8) is 0 Å². The summed E-state index contributed by atoms with van der Waals surface area (Å²) in [7, 11) is 0. The minimum atomic E-state index is -1.06. The number of amides is 1. The van der Waals surface area contributed by atoms with Crippen molar-refractivity contribution in [2.24, 2.45) is 10.9 Å². The highest BCUT2D eigenvalue weighted by molar-refractivity contribution is 6.45. The van der Waals surface area contributed by atoms with Crippen LogP contribution in [0.3, 0.4) is 0 Å². The van der Waals surface area contributed by atoms with E-state index in [2.05, 4.69) is 36.4 Å². The van der Waals surface area contributed by atoms with E-state index in [4.69, 9.17) is 0 Å². The van der Waals surface area contributed by atoms with Gasteiger partial charge in [0.05, 0.1) is 11.3 Å². The Morgan fingerprint density at radius 1 is 0.947 bits per heavy atom. The van der Waals surface area contributed by atoms with Gasteiger partial charge in [-0.1, -0.05) is 58.0 Å². The van der Waals surface area contributed by atoms with E-state index in [1.54, 1.807) is 25.1 Å². The fourth-order valence-electron chi connectivity index (χ4n) is 4.21. The lowest BCUT2D eigenvalue weighted by Crippen LogP contribution is -2.30. The van der Waals surface area contributed by atoms with Crippen molar-refractivity contribution in [2.45, 2.75) is 40.0 Å². The van der Waals surface area contributed by atoms with Gasteiger partial charge in [0.1, 0.15) is 0 Å². The van der Waals surface area contributed by atoms with Gasteiger partial charge in [-0.25, -0.2) is 9.79 Å². The van der Waals surface area contributed by atoms with Gasteiger partial charge in [-0.05, 0) is 65.9 Å². The Hall–Kier alpha value is -4.52. The number of hydrogen-bond donors (Lipinski definition) is 3. The Balaban J connectivity index is 1.60. The first kappa shape index (κ1) is 26.5. The molecule has 0 fully saturated rings. The standard InChI is InChI=1S/C31H31N3O4/c1-18-16-26(33-28(27(18)35)32-23-9-6-8-21(17-23)30(37)38)24-10-7-11-25(19(24)2)34-29(36)20-12-14-22(15-13-20)31(3,4)5/h6-18H,1-5H3,(H,32,33)(H,34,36)(H,37,38). The number of allylic oxidation sites excluding steroid dienone is 1. The van der Waals surface area contributed by atoms with Gasteiger partial charge in [-0.2, -0.15) is 0 Å². The van der Waals surface area contributed by atoms with E-state index in [0.29, 0.717) is 22.6 Å². The Morgan fingerprint density at radius 3 is 2.29 bits per heavy atom. The summed E-state index contributed by atoms with van der Waals surface area (Å²) in [6.45, 7) is 10.1. The van der Waals surface area contributed by atoms with Crippen LogP contribution in [0.15, 0.2) is 77.8 Å². The van der Waals surface area contributed by atoms with Gasteiger partial charge in [-0.15, -0.1) is 0 Å². The first-order valence-electron chi connectivity index (χ1n) is 12.4. The van der Waals surface area contributed by atoms with Crippen molar-refractivity contribution in [3.05, 3.63) is 101 Å². The molecule has 3 aromatic carbocycles. The van der Waals surface area contributed by atoms with Gasteiger partial charge in [0.2, 0.25) is 5.78 Å². The highest BCUT2D eigenvalue weighted by Gasteiger charge is 2.25. The third-order valence-electron chi connectivity index (χ3n) is 6.53. The third-order valence-corrected chi connectivity index (χ3v) is 6.53. The van der Waals surface area contributed by atoms with Crippen molar-refractivity contribution in [1.29, 1.82) is 0 Å². The summed E-state index contributed by atoms with van der Waals surface area (Å²) in [6, 6.07) is 19.4. The highest BCUT2D eigenvalue weighted by Crippen LogP contribution is 2.30. The van der Waals surface area contributed by atoms with Gasteiger partial charge >= 0.3 is 5.97 Å². The molecule has 4 rings (SSSR count). The second-order valence-corrected chi connectivity index (χ2v) is 10.4. The molecule has 0 aliphatic carbocycles. The molecule has 0 saturated carbocycles. The average Bonchev–Trinajstić information content (AvgIpc) is 2.87. The minimum absolute atomic E-state index is 0.000543. The maximum atomic E-state index is 13.0. The Kier molecular flexibility index (Phi) is 7.30. The van der Waals surface area contributed by atoms with Crippen molar-refractivity contribution < 1.29 is 19.5 Å². The lowest BCUT2D eigenvalue weighted by molar-refractivity contribution is -0.114. The number of nitrogens with zero attached hydrogens (tertiary/aromatic N) is 1. The summed E-state index contributed by atoms with van der Waals surface area (Å²) in [5.74, 6) is -1.78. The van der Waals surface area contributed by atoms with E-state index >= 15 is 0 Å². The van der Waals surface area contributed by atoms with Gasteiger partial charge in [0, 0.05) is 28.4 Å². The van der Waals surface area contributed by atoms with Crippen LogP contribution in [0.1, 0.15) is 65.1 Å². The molecule has 1 aliphatic rings. The van der Waals surface area contributed by atoms with E-state index in [9.17, 15) is 19.5 Å². The predicted molar refractivity (Wildman–Crippen MR) is 151 cm³/mol. The molecule has 0 spiro atoms. The highest BCUT2D eigenvalue weighted by atomic mass is 16.4. The number of carbonyl (C=O) groups excluding carboxylic acids is 2. The largest absolute Gasteiger partial charge is 0.478 e. The number of carboxylic acids is 1. The number of anilines is 2. The molecule has 194 valence electrons. The van der Waals surface area contributed by atoms with Crippen LogP contribution in [0, 0.1) is 12.8 Å². The van der Waals surface area contributed by atoms with E-state index < -0.39 is 11.9 Å². The van der Waals surface area contributed by atoms with Gasteiger partial charge in [-0.3, -0.25) is 9.59 Å². The lowest BCUT2D eigenvalue weighted by atomic mass is 9.86. The Morgan fingerprint density at radius 2 is 1.63 bits per heavy atom. The molecule has 1 heterocycles. The van der Waals surface area contributed by atoms with E-state index in [-0.39, 0.29) is 28.5 Å². The van der Waals surface area contributed by atoms with Crippen LogP contribution in [0.4, 0.5) is 11.4 Å². The van der Waals surface area contributed by atoms with E-state index in [1.807, 2.05) is 49.4 Å². The smallest absolute Gasteiger partial charge is 0.335 e. The number of benzene rings is 3. The number of nitrogens with one attached hydrogen (secondary N) is 2. The van der Waals surface area contributed by atoms with E-state index in [1.165, 1.54) is 12.1 Å². The number of hydrogen-bond acceptors (Lipinski definition) is 5. The fraction of sp³-hybridized carbons (Fsp3) is 0.226. The summed E-state index contributed by atoms with van der Waals surface area (Å²) < 4.78 is 0. The average molecular weight is 510 g/mol. The molecule has 3 aromatic rings. The number of Topliss-reactive ketones (excluding diaryl/α,β-unsaturated/α-hetero) is 1. The number of aliphatic imine (C=N–C) groups is 1. The number of carboxylic acid groups (broad SMARTS) is 1. The van der Waals surface area contributed by atoms with Crippen LogP contribution < -0.4 is 10.6 Å². The van der Waals surface area contributed by atoms with Crippen LogP contribution in [0.5, 0.6) is 0 Å². The zero-order chi connectivity index (χ0) is 27.6. The maximum Gasteiger partial charge on any atom is 0.335 e. The number of carbonyl (C=O) groups is 3. The maximum absolute atomic E-state index is 13.0. The van der Waals surface area contributed by atoms with Crippen LogP contribution in [0.25, 0.3) is 5.70 Å². The molecule has 0 aromatic heterocycles. The molecule has 7 heteroatoms. The molecule has 0 radical (unpaired) electrons. The third kappa shape index (κ3) is 5.72. The molecule has 0 bridgehead atoms. The number of rotatable bonds is 5. The Bertz CT molecular complexity index is 1480. The zero-order valence-electron chi connectivity index (χ0n) is 22.1. The molecule has 1 aliphatic heterocycles. The van der Waals surface area contributed by atoms with Crippen molar-refractivity contribution >= 4 is 40.6 Å². The summed E-state index contributed by atoms with van der Waals surface area (Å²) in [4.78, 5) is 41.8. The first-order valence-corrected chi connectivity index (χ1v) is 12.4. The van der Waals surface area contributed by atoms with Crippen LogP contribution >= 0.6 is 0 Å².